The highest BCUT2D eigenvalue weighted by Gasteiger charge is 2.23. The van der Waals surface area contributed by atoms with Gasteiger partial charge in [0.1, 0.15) is 0 Å². The van der Waals surface area contributed by atoms with E-state index in [9.17, 15) is 0 Å². The van der Waals surface area contributed by atoms with Crippen molar-refractivity contribution in [2.24, 2.45) is 0 Å². The van der Waals surface area contributed by atoms with E-state index < -0.39 is 0 Å². The average Bonchev–Trinajstić information content (AvgIpc) is 2.41. The van der Waals surface area contributed by atoms with E-state index in [4.69, 9.17) is 0 Å². The molecule has 1 fully saturated rings. The summed E-state index contributed by atoms with van der Waals surface area (Å²) in [5.74, 6) is 0. The van der Waals surface area contributed by atoms with Crippen molar-refractivity contribution in [3.05, 3.63) is 28.2 Å². The highest BCUT2D eigenvalue weighted by Crippen LogP contribution is 2.29. The number of nitrogens with one attached hydrogen (secondary N) is 1. The van der Waals surface area contributed by atoms with Crippen molar-refractivity contribution in [2.75, 3.05) is 19.0 Å². The highest BCUT2D eigenvalue weighted by molar-refractivity contribution is 9.10. The molecule has 0 atom stereocenters. The molecule has 1 aliphatic carbocycles. The molecule has 100 valence electrons. The molecule has 0 unspecified atom stereocenters. The number of halogens is 1. The fraction of sp³-hybridized carbons (Fsp3) is 0.600. The first-order valence-electron chi connectivity index (χ1n) is 6.78. The third kappa shape index (κ3) is 3.07. The van der Waals surface area contributed by atoms with Crippen LogP contribution >= 0.6 is 15.9 Å². The van der Waals surface area contributed by atoms with Gasteiger partial charge in [0.05, 0.1) is 0 Å². The van der Waals surface area contributed by atoms with E-state index in [2.05, 4.69) is 65.4 Å². The van der Waals surface area contributed by atoms with Gasteiger partial charge in [0.2, 0.25) is 0 Å². The zero-order chi connectivity index (χ0) is 13.1. The van der Waals surface area contributed by atoms with Crippen molar-refractivity contribution in [3.63, 3.8) is 0 Å². The molecular weight excluding hydrogens is 288 g/mol. The Labute approximate surface area is 119 Å². The molecular formula is C15H23BrN2. The van der Waals surface area contributed by atoms with Crippen LogP contribution in [0.5, 0.6) is 0 Å². The first-order valence-corrected chi connectivity index (χ1v) is 7.57. The number of hydrogen-bond donors (Lipinski definition) is 1. The molecule has 1 aromatic rings. The lowest BCUT2D eigenvalue weighted by molar-refractivity contribution is 0.351. The molecule has 2 rings (SSSR count). The van der Waals surface area contributed by atoms with Gasteiger partial charge in [-0.3, -0.25) is 0 Å². The van der Waals surface area contributed by atoms with Gasteiger partial charge in [-0.05, 0) is 57.4 Å². The van der Waals surface area contributed by atoms with E-state index >= 15 is 0 Å². The maximum atomic E-state index is 3.62. The summed E-state index contributed by atoms with van der Waals surface area (Å²) in [6, 6.07) is 8.06. The molecule has 0 saturated heterocycles. The SMILES string of the molecule is CNC1CCC(N(C)c2ccc(C)c(Br)c2)CC1. The lowest BCUT2D eigenvalue weighted by atomic mass is 9.90. The molecule has 1 saturated carbocycles. The minimum absolute atomic E-state index is 0.684. The number of benzene rings is 1. The van der Waals surface area contributed by atoms with Crippen LogP contribution < -0.4 is 10.2 Å². The van der Waals surface area contributed by atoms with Gasteiger partial charge >= 0.3 is 0 Å². The predicted octanol–water partition coefficient (Wildman–Crippen LogP) is 3.72. The molecule has 0 radical (unpaired) electrons. The average molecular weight is 311 g/mol. The van der Waals surface area contributed by atoms with Crippen LogP contribution in [-0.2, 0) is 0 Å². The molecule has 1 aromatic carbocycles. The predicted molar refractivity (Wildman–Crippen MR) is 82.4 cm³/mol. The number of hydrogen-bond acceptors (Lipinski definition) is 2. The molecule has 0 aromatic heterocycles. The summed E-state index contributed by atoms with van der Waals surface area (Å²) in [6.07, 6.45) is 5.15. The first kappa shape index (κ1) is 13.9. The van der Waals surface area contributed by atoms with Gasteiger partial charge in [0.15, 0.2) is 0 Å². The molecule has 3 heteroatoms. The Morgan fingerprint density at radius 3 is 2.44 bits per heavy atom. The summed E-state index contributed by atoms with van der Waals surface area (Å²) in [5.41, 5.74) is 2.62. The van der Waals surface area contributed by atoms with Crippen LogP contribution in [0.3, 0.4) is 0 Å². The summed E-state index contributed by atoms with van der Waals surface area (Å²) in [6.45, 7) is 2.13. The Kier molecular flexibility index (Phi) is 4.68. The van der Waals surface area contributed by atoms with E-state index in [1.807, 2.05) is 0 Å². The van der Waals surface area contributed by atoms with Gasteiger partial charge in [-0.15, -0.1) is 0 Å². The van der Waals surface area contributed by atoms with Crippen LogP contribution in [0.2, 0.25) is 0 Å². The van der Waals surface area contributed by atoms with Crippen molar-refractivity contribution < 1.29 is 0 Å². The van der Waals surface area contributed by atoms with Crippen LogP contribution in [0.25, 0.3) is 0 Å². The zero-order valence-corrected chi connectivity index (χ0v) is 13.1. The quantitative estimate of drug-likeness (QED) is 0.915. The summed E-state index contributed by atoms with van der Waals surface area (Å²) >= 11 is 3.62. The van der Waals surface area contributed by atoms with Gasteiger partial charge in [-0.2, -0.15) is 0 Å². The molecule has 0 aliphatic heterocycles. The molecule has 0 heterocycles. The smallest absolute Gasteiger partial charge is 0.0377 e. The Morgan fingerprint density at radius 1 is 1.22 bits per heavy atom. The molecule has 1 aliphatic rings. The van der Waals surface area contributed by atoms with Gasteiger partial charge in [-0.1, -0.05) is 22.0 Å². The lowest BCUT2D eigenvalue weighted by Gasteiger charge is -2.36. The minimum atomic E-state index is 0.684. The van der Waals surface area contributed by atoms with Crippen LogP contribution in [-0.4, -0.2) is 26.2 Å². The van der Waals surface area contributed by atoms with E-state index in [1.54, 1.807) is 0 Å². The molecule has 0 amide bonds. The second kappa shape index (κ2) is 6.07. The Hall–Kier alpha value is -0.540. The Balaban J connectivity index is 2.03. The molecule has 1 N–H and O–H groups in total. The van der Waals surface area contributed by atoms with Crippen LogP contribution in [0.1, 0.15) is 31.2 Å². The van der Waals surface area contributed by atoms with Gasteiger partial charge in [-0.25, -0.2) is 0 Å². The fourth-order valence-electron chi connectivity index (χ4n) is 2.76. The van der Waals surface area contributed by atoms with E-state index in [0.29, 0.717) is 6.04 Å². The maximum absolute atomic E-state index is 3.62. The monoisotopic (exact) mass is 310 g/mol. The summed E-state index contributed by atoms with van der Waals surface area (Å²) in [5, 5.41) is 3.39. The fourth-order valence-corrected chi connectivity index (χ4v) is 3.13. The van der Waals surface area contributed by atoms with Gasteiger partial charge in [0.25, 0.3) is 0 Å². The van der Waals surface area contributed by atoms with Crippen LogP contribution in [0, 0.1) is 6.92 Å². The zero-order valence-electron chi connectivity index (χ0n) is 11.5. The maximum Gasteiger partial charge on any atom is 0.0377 e. The third-order valence-corrected chi connectivity index (χ3v) is 5.07. The first-order chi connectivity index (χ1) is 8.61. The number of rotatable bonds is 3. The Morgan fingerprint density at radius 2 is 1.89 bits per heavy atom. The van der Waals surface area contributed by atoms with E-state index in [0.717, 1.165) is 6.04 Å². The topological polar surface area (TPSA) is 15.3 Å². The van der Waals surface area contributed by atoms with Crippen molar-refractivity contribution in [3.8, 4) is 0 Å². The second-order valence-corrected chi connectivity index (χ2v) is 6.19. The van der Waals surface area contributed by atoms with Gasteiger partial charge in [0, 0.05) is 29.3 Å². The molecule has 2 nitrogen and oxygen atoms in total. The molecule has 18 heavy (non-hydrogen) atoms. The molecule has 0 bridgehead atoms. The van der Waals surface area contributed by atoms with Crippen LogP contribution in [0.4, 0.5) is 5.69 Å². The number of anilines is 1. The van der Waals surface area contributed by atoms with Crippen molar-refractivity contribution in [1.82, 2.24) is 5.32 Å². The summed E-state index contributed by atoms with van der Waals surface area (Å²) < 4.78 is 1.20. The standard InChI is InChI=1S/C15H23BrN2/c1-11-4-7-14(10-15(11)16)18(3)13-8-5-12(17-2)6-9-13/h4,7,10,12-13,17H,5-6,8-9H2,1-3H3. The van der Waals surface area contributed by atoms with Gasteiger partial charge < -0.3 is 10.2 Å². The lowest BCUT2D eigenvalue weighted by Crippen LogP contribution is -2.39. The summed E-state index contributed by atoms with van der Waals surface area (Å²) in [4.78, 5) is 2.44. The number of nitrogens with zero attached hydrogens (tertiary/aromatic N) is 1. The van der Waals surface area contributed by atoms with Crippen molar-refractivity contribution in [2.45, 2.75) is 44.7 Å². The van der Waals surface area contributed by atoms with Crippen molar-refractivity contribution >= 4 is 21.6 Å². The highest BCUT2D eigenvalue weighted by atomic mass is 79.9. The second-order valence-electron chi connectivity index (χ2n) is 5.34. The van der Waals surface area contributed by atoms with E-state index in [1.165, 1.54) is 41.4 Å². The van der Waals surface area contributed by atoms with Crippen LogP contribution in [0.15, 0.2) is 22.7 Å². The number of aryl methyl sites for hydroxylation is 1. The van der Waals surface area contributed by atoms with E-state index in [-0.39, 0.29) is 0 Å². The largest absolute Gasteiger partial charge is 0.372 e. The molecule has 0 spiro atoms. The Bertz CT molecular complexity index is 397. The third-order valence-electron chi connectivity index (χ3n) is 4.22. The normalized spacial score (nSPS) is 24.0. The van der Waals surface area contributed by atoms with Crippen molar-refractivity contribution in [1.29, 1.82) is 0 Å². The minimum Gasteiger partial charge on any atom is -0.372 e. The summed E-state index contributed by atoms with van der Waals surface area (Å²) in [7, 11) is 4.30.